The highest BCUT2D eigenvalue weighted by Crippen LogP contribution is 2.60. The molecule has 1 N–H and O–H groups in total. The van der Waals surface area contributed by atoms with E-state index in [0.717, 1.165) is 6.42 Å². The maximum Gasteiger partial charge on any atom is 0.238 e. The van der Waals surface area contributed by atoms with Gasteiger partial charge in [-0.1, -0.05) is 37.0 Å². The highest BCUT2D eigenvalue weighted by atomic mass is 35.5. The van der Waals surface area contributed by atoms with Crippen LogP contribution in [0, 0.1) is 16.7 Å². The molecule has 0 heterocycles. The van der Waals surface area contributed by atoms with Crippen molar-refractivity contribution in [2.45, 2.75) is 33.1 Å². The van der Waals surface area contributed by atoms with Gasteiger partial charge in [0.2, 0.25) is 5.91 Å². The van der Waals surface area contributed by atoms with E-state index in [-0.39, 0.29) is 11.7 Å². The van der Waals surface area contributed by atoms with Crippen LogP contribution in [0.3, 0.4) is 0 Å². The number of carbonyl (C=O) groups is 2. The lowest BCUT2D eigenvalue weighted by Gasteiger charge is -2.32. The molecular formula is C16H17Cl2NO2. The van der Waals surface area contributed by atoms with E-state index < -0.39 is 10.8 Å². The molecule has 2 fully saturated rings. The lowest BCUT2D eigenvalue weighted by molar-refractivity contribution is -0.142. The Morgan fingerprint density at radius 1 is 1.24 bits per heavy atom. The molecule has 0 aromatic heterocycles. The van der Waals surface area contributed by atoms with E-state index in [1.54, 1.807) is 18.2 Å². The molecule has 5 heteroatoms. The van der Waals surface area contributed by atoms with Crippen LogP contribution < -0.4 is 5.32 Å². The van der Waals surface area contributed by atoms with Crippen molar-refractivity contribution in [2.75, 3.05) is 5.32 Å². The minimum Gasteiger partial charge on any atom is -0.325 e. The molecule has 2 aliphatic rings. The van der Waals surface area contributed by atoms with Crippen molar-refractivity contribution in [3.8, 4) is 0 Å². The lowest BCUT2D eigenvalue weighted by Crippen LogP contribution is -2.44. The summed E-state index contributed by atoms with van der Waals surface area (Å²) in [4.78, 5) is 25.4. The van der Waals surface area contributed by atoms with Crippen LogP contribution in [0.2, 0.25) is 10.0 Å². The SMILES string of the molecule is CC1(C)C(=O)C2(C(=O)Nc3cc(Cl)cc(Cl)c3)CCC1C2. The minimum absolute atomic E-state index is 0.0666. The van der Waals surface area contributed by atoms with Gasteiger partial charge in [0.1, 0.15) is 5.41 Å². The number of benzene rings is 1. The van der Waals surface area contributed by atoms with Crippen molar-refractivity contribution in [3.63, 3.8) is 0 Å². The fourth-order valence-corrected chi connectivity index (χ4v) is 4.38. The number of carbonyl (C=O) groups excluding carboxylic acids is 2. The summed E-state index contributed by atoms with van der Waals surface area (Å²) >= 11 is 11.9. The molecule has 0 saturated heterocycles. The molecule has 2 bridgehead atoms. The Bertz CT molecular complexity index is 621. The highest BCUT2D eigenvalue weighted by molar-refractivity contribution is 6.35. The Labute approximate surface area is 134 Å². The van der Waals surface area contributed by atoms with Crippen LogP contribution in [0.5, 0.6) is 0 Å². The number of hydrogen-bond acceptors (Lipinski definition) is 2. The summed E-state index contributed by atoms with van der Waals surface area (Å²) in [5.74, 6) is 0.148. The molecule has 1 aromatic rings. The second kappa shape index (κ2) is 4.72. The Morgan fingerprint density at radius 3 is 2.38 bits per heavy atom. The third-order valence-corrected chi connectivity index (χ3v) is 5.55. The number of fused-ring (bicyclic) bond motifs is 2. The normalized spacial score (nSPS) is 29.7. The lowest BCUT2D eigenvalue weighted by atomic mass is 9.70. The predicted molar refractivity (Wildman–Crippen MR) is 83.7 cm³/mol. The van der Waals surface area contributed by atoms with Gasteiger partial charge in [-0.05, 0) is 43.4 Å². The van der Waals surface area contributed by atoms with Crippen molar-refractivity contribution in [1.29, 1.82) is 0 Å². The molecule has 21 heavy (non-hydrogen) atoms. The number of hydrogen-bond donors (Lipinski definition) is 1. The van der Waals surface area contributed by atoms with Crippen LogP contribution in [0.1, 0.15) is 33.1 Å². The number of halogens is 2. The summed E-state index contributed by atoms with van der Waals surface area (Å²) in [6, 6.07) is 4.88. The summed E-state index contributed by atoms with van der Waals surface area (Å²) in [6.07, 6.45) is 2.22. The molecule has 2 unspecified atom stereocenters. The molecule has 112 valence electrons. The summed E-state index contributed by atoms with van der Waals surface area (Å²) < 4.78 is 0. The first kappa shape index (κ1) is 14.9. The van der Waals surface area contributed by atoms with Gasteiger partial charge in [0.15, 0.2) is 5.78 Å². The maximum atomic E-state index is 12.7. The second-order valence-electron chi connectivity index (χ2n) is 6.68. The Morgan fingerprint density at radius 2 is 1.86 bits per heavy atom. The van der Waals surface area contributed by atoms with Crippen molar-refractivity contribution >= 4 is 40.6 Å². The van der Waals surface area contributed by atoms with Crippen molar-refractivity contribution in [3.05, 3.63) is 28.2 Å². The van der Waals surface area contributed by atoms with Gasteiger partial charge in [-0.25, -0.2) is 0 Å². The van der Waals surface area contributed by atoms with E-state index in [1.807, 2.05) is 13.8 Å². The third kappa shape index (κ3) is 2.18. The van der Waals surface area contributed by atoms with E-state index >= 15 is 0 Å². The van der Waals surface area contributed by atoms with Crippen LogP contribution in [0.25, 0.3) is 0 Å². The van der Waals surface area contributed by atoms with Gasteiger partial charge >= 0.3 is 0 Å². The average molecular weight is 326 g/mol. The van der Waals surface area contributed by atoms with Crippen molar-refractivity contribution in [2.24, 2.45) is 16.7 Å². The molecule has 1 aromatic carbocycles. The molecule has 0 spiro atoms. The predicted octanol–water partition coefficient (Wildman–Crippen LogP) is 4.33. The van der Waals surface area contributed by atoms with Gasteiger partial charge in [0, 0.05) is 21.1 Å². The van der Waals surface area contributed by atoms with Crippen LogP contribution >= 0.6 is 23.2 Å². The van der Waals surface area contributed by atoms with Crippen molar-refractivity contribution < 1.29 is 9.59 Å². The van der Waals surface area contributed by atoms with Gasteiger partial charge in [0.05, 0.1) is 0 Å². The monoisotopic (exact) mass is 325 g/mol. The summed E-state index contributed by atoms with van der Waals surface area (Å²) in [7, 11) is 0. The van der Waals surface area contributed by atoms with Crippen LogP contribution in [-0.2, 0) is 9.59 Å². The molecule has 3 nitrogen and oxygen atoms in total. The molecular weight excluding hydrogens is 309 g/mol. The van der Waals surface area contributed by atoms with Gasteiger partial charge in [-0.2, -0.15) is 0 Å². The molecule has 3 rings (SSSR count). The fraction of sp³-hybridized carbons (Fsp3) is 0.500. The van der Waals surface area contributed by atoms with Crippen molar-refractivity contribution in [1.82, 2.24) is 0 Å². The molecule has 2 aliphatic carbocycles. The smallest absolute Gasteiger partial charge is 0.238 e. The quantitative estimate of drug-likeness (QED) is 0.823. The van der Waals surface area contributed by atoms with Gasteiger partial charge in [0.25, 0.3) is 0 Å². The number of ketones is 1. The van der Waals surface area contributed by atoms with Crippen LogP contribution in [-0.4, -0.2) is 11.7 Å². The van der Waals surface area contributed by atoms with Gasteiger partial charge in [-0.15, -0.1) is 0 Å². The third-order valence-electron chi connectivity index (χ3n) is 5.11. The van der Waals surface area contributed by atoms with E-state index in [4.69, 9.17) is 23.2 Å². The number of anilines is 1. The maximum absolute atomic E-state index is 12.7. The largest absolute Gasteiger partial charge is 0.325 e. The number of Topliss-reactive ketones (excluding diaryl/α,β-unsaturated/α-hetero) is 1. The second-order valence-corrected chi connectivity index (χ2v) is 7.56. The zero-order valence-electron chi connectivity index (χ0n) is 12.0. The topological polar surface area (TPSA) is 46.2 Å². The summed E-state index contributed by atoms with van der Waals surface area (Å²) in [5.41, 5.74) is -0.738. The standard InChI is InChI=1S/C16H17Cl2NO2/c1-15(2)9-3-4-16(8-9,13(15)20)14(21)19-12-6-10(17)5-11(18)7-12/h5-7,9H,3-4,8H2,1-2H3,(H,19,21). The Hall–Kier alpha value is -1.06. The minimum atomic E-state index is -0.872. The zero-order chi connectivity index (χ0) is 15.4. The summed E-state index contributed by atoms with van der Waals surface area (Å²) in [6.45, 7) is 3.90. The van der Waals surface area contributed by atoms with Gasteiger partial charge < -0.3 is 5.32 Å². The molecule has 2 atom stereocenters. The van der Waals surface area contributed by atoms with Crippen LogP contribution in [0.15, 0.2) is 18.2 Å². The molecule has 2 saturated carbocycles. The summed E-state index contributed by atoms with van der Waals surface area (Å²) in [5, 5.41) is 3.74. The van der Waals surface area contributed by atoms with E-state index in [9.17, 15) is 9.59 Å². The molecule has 0 aliphatic heterocycles. The Balaban J connectivity index is 1.88. The van der Waals surface area contributed by atoms with E-state index in [1.165, 1.54) is 0 Å². The van der Waals surface area contributed by atoms with E-state index in [2.05, 4.69) is 5.32 Å². The first-order valence-electron chi connectivity index (χ1n) is 7.08. The number of amides is 1. The number of nitrogens with one attached hydrogen (secondary N) is 1. The Kier molecular flexibility index (Phi) is 3.34. The van der Waals surface area contributed by atoms with E-state index in [0.29, 0.717) is 34.5 Å². The van der Waals surface area contributed by atoms with Gasteiger partial charge in [-0.3, -0.25) is 9.59 Å². The highest BCUT2D eigenvalue weighted by Gasteiger charge is 2.64. The fourth-order valence-electron chi connectivity index (χ4n) is 3.86. The first-order valence-corrected chi connectivity index (χ1v) is 7.84. The first-order chi connectivity index (χ1) is 9.75. The zero-order valence-corrected chi connectivity index (χ0v) is 13.5. The average Bonchev–Trinajstić information content (AvgIpc) is 2.89. The number of rotatable bonds is 2. The molecule has 1 amide bonds. The molecule has 0 radical (unpaired) electrons. The van der Waals surface area contributed by atoms with Crippen LogP contribution in [0.4, 0.5) is 5.69 Å².